The van der Waals surface area contributed by atoms with Crippen LogP contribution in [0.2, 0.25) is 5.02 Å². The standard InChI is InChI=1S/C20H17ClN4O2/c21-14-4-3-5-15(11-14)25-12-13(10-18(25)26)19(27)24-9-8-23-17-7-2-1-6-16(17)22-20(23)24/h1-7,11,13H,8-10,12H2. The fourth-order valence-corrected chi connectivity index (χ4v) is 4.17. The zero-order chi connectivity index (χ0) is 18.5. The lowest BCUT2D eigenvalue weighted by molar-refractivity contribution is -0.124. The van der Waals surface area contributed by atoms with Crippen molar-refractivity contribution in [2.24, 2.45) is 5.92 Å². The van der Waals surface area contributed by atoms with Gasteiger partial charge in [0.15, 0.2) is 0 Å². The first-order chi connectivity index (χ1) is 13.1. The van der Waals surface area contributed by atoms with Gasteiger partial charge in [-0.25, -0.2) is 4.98 Å². The third kappa shape index (κ3) is 2.59. The molecular weight excluding hydrogens is 364 g/mol. The Kier molecular flexibility index (Phi) is 3.68. The van der Waals surface area contributed by atoms with Crippen molar-refractivity contribution >= 4 is 46.1 Å². The van der Waals surface area contributed by atoms with Gasteiger partial charge in [-0.3, -0.25) is 14.5 Å². The smallest absolute Gasteiger partial charge is 0.234 e. The lowest BCUT2D eigenvalue weighted by Crippen LogP contribution is -2.36. The van der Waals surface area contributed by atoms with Gasteiger partial charge in [0.2, 0.25) is 17.8 Å². The molecule has 27 heavy (non-hydrogen) atoms. The van der Waals surface area contributed by atoms with Crippen LogP contribution in [-0.4, -0.2) is 34.5 Å². The number of benzene rings is 2. The molecule has 2 amide bonds. The molecule has 1 aromatic heterocycles. The molecule has 0 aliphatic carbocycles. The quantitative estimate of drug-likeness (QED) is 0.686. The molecule has 1 fully saturated rings. The highest BCUT2D eigenvalue weighted by Gasteiger charge is 2.40. The summed E-state index contributed by atoms with van der Waals surface area (Å²) in [5.41, 5.74) is 2.65. The van der Waals surface area contributed by atoms with Gasteiger partial charge in [0.05, 0.1) is 17.0 Å². The average Bonchev–Trinajstić information content (AvgIpc) is 3.34. The maximum absolute atomic E-state index is 13.1. The third-order valence-electron chi connectivity index (χ3n) is 5.28. The van der Waals surface area contributed by atoms with Gasteiger partial charge in [-0.2, -0.15) is 0 Å². The predicted octanol–water partition coefficient (Wildman–Crippen LogP) is 3.09. The lowest BCUT2D eigenvalue weighted by Gasteiger charge is -2.19. The van der Waals surface area contributed by atoms with E-state index in [4.69, 9.17) is 11.6 Å². The van der Waals surface area contributed by atoms with Crippen molar-refractivity contribution in [1.82, 2.24) is 9.55 Å². The average molecular weight is 381 g/mol. The van der Waals surface area contributed by atoms with E-state index >= 15 is 0 Å². The molecule has 3 heterocycles. The maximum Gasteiger partial charge on any atom is 0.234 e. The molecule has 0 radical (unpaired) electrons. The third-order valence-corrected chi connectivity index (χ3v) is 5.52. The molecule has 5 rings (SSSR count). The zero-order valence-electron chi connectivity index (χ0n) is 14.5. The number of para-hydroxylation sites is 2. The molecule has 0 bridgehead atoms. The Balaban J connectivity index is 1.41. The van der Waals surface area contributed by atoms with E-state index in [1.807, 2.05) is 36.4 Å². The number of nitrogens with zero attached hydrogens (tertiary/aromatic N) is 4. The van der Waals surface area contributed by atoms with Crippen LogP contribution in [0.3, 0.4) is 0 Å². The van der Waals surface area contributed by atoms with E-state index in [2.05, 4.69) is 9.55 Å². The molecule has 2 aliphatic heterocycles. The van der Waals surface area contributed by atoms with Gasteiger partial charge >= 0.3 is 0 Å². The Morgan fingerprint density at radius 1 is 1.11 bits per heavy atom. The number of rotatable bonds is 2. The first kappa shape index (κ1) is 16.3. The number of fused-ring (bicyclic) bond motifs is 3. The molecule has 6 nitrogen and oxygen atoms in total. The number of anilines is 2. The second-order valence-electron chi connectivity index (χ2n) is 6.93. The molecule has 3 aromatic rings. The second kappa shape index (κ2) is 6.09. The summed E-state index contributed by atoms with van der Waals surface area (Å²) in [6.07, 6.45) is 0.210. The number of amides is 2. The van der Waals surface area contributed by atoms with Crippen LogP contribution in [0.4, 0.5) is 11.6 Å². The van der Waals surface area contributed by atoms with Gasteiger partial charge in [0, 0.05) is 36.8 Å². The molecular formula is C20H17ClN4O2. The van der Waals surface area contributed by atoms with E-state index in [0.717, 1.165) is 23.3 Å². The van der Waals surface area contributed by atoms with Crippen molar-refractivity contribution < 1.29 is 9.59 Å². The van der Waals surface area contributed by atoms with Crippen LogP contribution >= 0.6 is 11.6 Å². The molecule has 2 aromatic carbocycles. The summed E-state index contributed by atoms with van der Waals surface area (Å²) < 4.78 is 2.07. The number of carbonyl (C=O) groups is 2. The summed E-state index contributed by atoms with van der Waals surface area (Å²) in [4.78, 5) is 33.6. The fraction of sp³-hybridized carbons (Fsp3) is 0.250. The van der Waals surface area contributed by atoms with Crippen LogP contribution in [0.15, 0.2) is 48.5 Å². The Labute approximate surface area is 160 Å². The lowest BCUT2D eigenvalue weighted by atomic mass is 10.1. The van der Waals surface area contributed by atoms with Crippen molar-refractivity contribution in [3.63, 3.8) is 0 Å². The minimum absolute atomic E-state index is 0.0399. The van der Waals surface area contributed by atoms with Crippen LogP contribution in [0.1, 0.15) is 6.42 Å². The molecule has 1 saturated heterocycles. The summed E-state index contributed by atoms with van der Waals surface area (Å²) in [6.45, 7) is 1.68. The monoisotopic (exact) mass is 380 g/mol. The van der Waals surface area contributed by atoms with Crippen molar-refractivity contribution in [2.75, 3.05) is 22.9 Å². The summed E-state index contributed by atoms with van der Waals surface area (Å²) in [5, 5.41) is 0.573. The van der Waals surface area contributed by atoms with E-state index in [0.29, 0.717) is 24.1 Å². The molecule has 2 aliphatic rings. The van der Waals surface area contributed by atoms with Gasteiger partial charge in [-0.05, 0) is 30.3 Å². The van der Waals surface area contributed by atoms with Crippen molar-refractivity contribution in [3.8, 4) is 0 Å². The highest BCUT2D eigenvalue weighted by molar-refractivity contribution is 6.31. The summed E-state index contributed by atoms with van der Waals surface area (Å²) in [5.74, 6) is 0.211. The van der Waals surface area contributed by atoms with Crippen LogP contribution in [0.25, 0.3) is 11.0 Å². The fourth-order valence-electron chi connectivity index (χ4n) is 3.98. The minimum atomic E-state index is -0.372. The second-order valence-corrected chi connectivity index (χ2v) is 7.36. The first-order valence-corrected chi connectivity index (χ1v) is 9.32. The largest absolute Gasteiger partial charge is 0.312 e. The number of halogens is 1. The minimum Gasteiger partial charge on any atom is -0.312 e. The van der Waals surface area contributed by atoms with E-state index in [9.17, 15) is 9.59 Å². The number of hydrogen-bond donors (Lipinski definition) is 0. The van der Waals surface area contributed by atoms with E-state index in [1.54, 1.807) is 21.9 Å². The van der Waals surface area contributed by atoms with Gasteiger partial charge in [0.25, 0.3) is 0 Å². The zero-order valence-corrected chi connectivity index (χ0v) is 15.3. The number of carbonyl (C=O) groups excluding carboxylic acids is 2. The maximum atomic E-state index is 13.1. The topological polar surface area (TPSA) is 58.4 Å². The van der Waals surface area contributed by atoms with Gasteiger partial charge in [0.1, 0.15) is 0 Å². The van der Waals surface area contributed by atoms with E-state index in [-0.39, 0.29) is 24.2 Å². The van der Waals surface area contributed by atoms with E-state index < -0.39 is 0 Å². The van der Waals surface area contributed by atoms with Crippen LogP contribution in [0.5, 0.6) is 0 Å². The Hall–Kier alpha value is -2.86. The molecule has 0 spiro atoms. The molecule has 7 heteroatoms. The van der Waals surface area contributed by atoms with Crippen molar-refractivity contribution in [1.29, 1.82) is 0 Å². The highest BCUT2D eigenvalue weighted by atomic mass is 35.5. The molecule has 0 N–H and O–H groups in total. The van der Waals surface area contributed by atoms with Crippen LogP contribution in [0, 0.1) is 5.92 Å². The van der Waals surface area contributed by atoms with Gasteiger partial charge < -0.3 is 9.47 Å². The number of imidazole rings is 1. The van der Waals surface area contributed by atoms with Crippen molar-refractivity contribution in [3.05, 3.63) is 53.6 Å². The highest BCUT2D eigenvalue weighted by Crippen LogP contribution is 2.32. The van der Waals surface area contributed by atoms with Gasteiger partial charge in [-0.1, -0.05) is 29.8 Å². The molecule has 136 valence electrons. The van der Waals surface area contributed by atoms with Gasteiger partial charge in [-0.15, -0.1) is 0 Å². The molecule has 0 saturated carbocycles. The van der Waals surface area contributed by atoms with E-state index in [1.165, 1.54) is 0 Å². The Morgan fingerprint density at radius 2 is 1.96 bits per heavy atom. The Morgan fingerprint density at radius 3 is 2.81 bits per heavy atom. The first-order valence-electron chi connectivity index (χ1n) is 8.94. The summed E-state index contributed by atoms with van der Waals surface area (Å²) in [7, 11) is 0. The summed E-state index contributed by atoms with van der Waals surface area (Å²) >= 11 is 6.04. The summed E-state index contributed by atoms with van der Waals surface area (Å²) in [6, 6.07) is 15.0. The van der Waals surface area contributed by atoms with Crippen molar-refractivity contribution in [2.45, 2.75) is 13.0 Å². The predicted molar refractivity (Wildman–Crippen MR) is 104 cm³/mol. The number of aromatic nitrogens is 2. The SMILES string of the molecule is O=C1CC(C(=O)N2CCn3c2nc2ccccc23)CN1c1cccc(Cl)c1. The molecule has 1 atom stereocenters. The Bertz CT molecular complexity index is 1080. The molecule has 1 unspecified atom stereocenters. The number of hydrogen-bond acceptors (Lipinski definition) is 3. The van der Waals surface area contributed by atoms with Crippen LogP contribution < -0.4 is 9.80 Å². The van der Waals surface area contributed by atoms with Crippen LogP contribution in [-0.2, 0) is 16.1 Å². The normalized spacial score (nSPS) is 19.1.